The molecule has 0 aliphatic heterocycles. The Kier molecular flexibility index (Phi) is 3.61. The molecule has 0 aromatic heterocycles. The molecule has 84 valence electrons. The Morgan fingerprint density at radius 3 is 1.80 bits per heavy atom. The van der Waals surface area contributed by atoms with Gasteiger partial charge < -0.3 is 11.5 Å². The number of nitrogen functional groups attached to an aromatic ring is 2. The lowest BCUT2D eigenvalue weighted by Crippen LogP contribution is -2.08. The van der Waals surface area contributed by atoms with Crippen LogP contribution in [0.5, 0.6) is 0 Å². The van der Waals surface area contributed by atoms with Crippen molar-refractivity contribution in [3.05, 3.63) is 22.3 Å². The Bertz CT molecular complexity index is 338. The summed E-state index contributed by atoms with van der Waals surface area (Å²) in [6.07, 6.45) is 3.08. The summed E-state index contributed by atoms with van der Waals surface area (Å²) in [5.74, 6) is 0. The Hall–Kier alpha value is -1.18. The van der Waals surface area contributed by atoms with E-state index in [1.54, 1.807) is 0 Å². The smallest absolute Gasteiger partial charge is 0.0383 e. The molecule has 0 radical (unpaired) electrons. The lowest BCUT2D eigenvalue weighted by molar-refractivity contribution is 0.911. The van der Waals surface area contributed by atoms with Gasteiger partial charge in [-0.1, -0.05) is 20.3 Å². The average Bonchev–Trinajstić information content (AvgIpc) is 2.23. The average molecular weight is 206 g/mol. The molecule has 0 aliphatic rings. The Labute approximate surface area is 92.7 Å². The maximum atomic E-state index is 6.16. The van der Waals surface area contributed by atoms with Gasteiger partial charge in [0.1, 0.15) is 0 Å². The summed E-state index contributed by atoms with van der Waals surface area (Å²) in [5.41, 5.74) is 19.0. The van der Waals surface area contributed by atoms with Gasteiger partial charge in [-0.2, -0.15) is 0 Å². The third-order valence-corrected chi connectivity index (χ3v) is 3.22. The molecule has 0 heterocycles. The van der Waals surface area contributed by atoms with E-state index < -0.39 is 0 Å². The zero-order chi connectivity index (χ0) is 11.6. The van der Waals surface area contributed by atoms with Gasteiger partial charge in [-0.15, -0.1) is 0 Å². The monoisotopic (exact) mass is 206 g/mol. The van der Waals surface area contributed by atoms with Gasteiger partial charge in [0.05, 0.1) is 0 Å². The summed E-state index contributed by atoms with van der Waals surface area (Å²) in [5, 5.41) is 0. The van der Waals surface area contributed by atoms with Crippen molar-refractivity contribution in [2.45, 2.75) is 47.0 Å². The second-order valence-corrected chi connectivity index (χ2v) is 4.14. The summed E-state index contributed by atoms with van der Waals surface area (Å²) in [7, 11) is 0. The number of hydrogen-bond donors (Lipinski definition) is 2. The van der Waals surface area contributed by atoms with Crippen LogP contribution < -0.4 is 11.5 Å². The fourth-order valence-electron chi connectivity index (χ4n) is 2.21. The van der Waals surface area contributed by atoms with Crippen LogP contribution in [0.15, 0.2) is 0 Å². The molecule has 0 unspecified atom stereocenters. The van der Waals surface area contributed by atoms with Gasteiger partial charge in [-0.25, -0.2) is 0 Å². The van der Waals surface area contributed by atoms with Gasteiger partial charge in [-0.3, -0.25) is 0 Å². The molecule has 0 saturated carbocycles. The number of rotatable bonds is 3. The van der Waals surface area contributed by atoms with E-state index in [4.69, 9.17) is 11.5 Å². The molecular weight excluding hydrogens is 184 g/mol. The molecule has 2 heteroatoms. The Morgan fingerprint density at radius 2 is 1.33 bits per heavy atom. The van der Waals surface area contributed by atoms with Gasteiger partial charge in [0.25, 0.3) is 0 Å². The van der Waals surface area contributed by atoms with Crippen LogP contribution >= 0.6 is 0 Å². The molecule has 0 amide bonds. The minimum Gasteiger partial charge on any atom is -0.398 e. The minimum atomic E-state index is 0.938. The molecule has 0 fully saturated rings. The summed E-state index contributed by atoms with van der Waals surface area (Å²) in [4.78, 5) is 0. The highest BCUT2D eigenvalue weighted by molar-refractivity contribution is 5.70. The summed E-state index contributed by atoms with van der Waals surface area (Å²) >= 11 is 0. The zero-order valence-electron chi connectivity index (χ0n) is 10.3. The second-order valence-electron chi connectivity index (χ2n) is 4.14. The lowest BCUT2D eigenvalue weighted by Gasteiger charge is -2.18. The topological polar surface area (TPSA) is 52.0 Å². The fraction of sp³-hybridized carbons (Fsp3) is 0.538. The fourth-order valence-corrected chi connectivity index (χ4v) is 2.21. The number of anilines is 2. The molecule has 4 N–H and O–H groups in total. The van der Waals surface area contributed by atoms with Crippen LogP contribution in [0.2, 0.25) is 0 Å². The van der Waals surface area contributed by atoms with Crippen LogP contribution in [0.3, 0.4) is 0 Å². The van der Waals surface area contributed by atoms with Gasteiger partial charge in [-0.05, 0) is 48.9 Å². The van der Waals surface area contributed by atoms with Crippen LogP contribution in [0.25, 0.3) is 0 Å². The maximum Gasteiger partial charge on any atom is 0.0383 e. The van der Waals surface area contributed by atoms with Gasteiger partial charge in [0.2, 0.25) is 0 Å². The van der Waals surface area contributed by atoms with Crippen LogP contribution in [0.4, 0.5) is 11.4 Å². The summed E-state index contributed by atoms with van der Waals surface area (Å²) in [6.45, 7) is 8.44. The number of nitrogens with two attached hydrogens (primary N) is 2. The van der Waals surface area contributed by atoms with Crippen LogP contribution in [0.1, 0.15) is 42.5 Å². The second kappa shape index (κ2) is 4.56. The first-order valence-electron chi connectivity index (χ1n) is 5.70. The van der Waals surface area contributed by atoms with E-state index >= 15 is 0 Å². The molecule has 1 aromatic carbocycles. The summed E-state index contributed by atoms with van der Waals surface area (Å²) in [6, 6.07) is 0. The zero-order valence-corrected chi connectivity index (χ0v) is 10.3. The van der Waals surface area contributed by atoms with Crippen LogP contribution in [-0.4, -0.2) is 0 Å². The normalized spacial score (nSPS) is 10.7. The van der Waals surface area contributed by atoms with E-state index in [1.807, 2.05) is 0 Å². The Balaban J connectivity index is 3.44. The Morgan fingerprint density at radius 1 is 0.867 bits per heavy atom. The van der Waals surface area contributed by atoms with Gasteiger partial charge in [0, 0.05) is 11.4 Å². The highest BCUT2D eigenvalue weighted by atomic mass is 14.6. The van der Waals surface area contributed by atoms with E-state index in [1.165, 1.54) is 22.3 Å². The molecule has 0 saturated heterocycles. The van der Waals surface area contributed by atoms with E-state index in [-0.39, 0.29) is 0 Å². The molecule has 1 rings (SSSR count). The molecule has 0 bridgehead atoms. The third kappa shape index (κ3) is 1.94. The first kappa shape index (κ1) is 11.9. The van der Waals surface area contributed by atoms with E-state index in [0.29, 0.717) is 0 Å². The van der Waals surface area contributed by atoms with Crippen molar-refractivity contribution in [2.75, 3.05) is 11.5 Å². The quantitative estimate of drug-likeness (QED) is 0.747. The van der Waals surface area contributed by atoms with Crippen LogP contribution in [-0.2, 0) is 12.8 Å². The summed E-state index contributed by atoms with van der Waals surface area (Å²) < 4.78 is 0. The molecule has 0 spiro atoms. The van der Waals surface area contributed by atoms with Gasteiger partial charge >= 0.3 is 0 Å². The van der Waals surface area contributed by atoms with Crippen molar-refractivity contribution >= 4 is 11.4 Å². The SMILES string of the molecule is CCCc1c(C)c(N)c(CC)c(C)c1N. The van der Waals surface area contributed by atoms with Crippen molar-refractivity contribution in [1.82, 2.24) is 0 Å². The first-order valence-corrected chi connectivity index (χ1v) is 5.70. The molecule has 1 aromatic rings. The predicted octanol–water partition coefficient (Wildman–Crippen LogP) is 2.98. The molecule has 0 aliphatic carbocycles. The van der Waals surface area contributed by atoms with Crippen molar-refractivity contribution in [1.29, 1.82) is 0 Å². The third-order valence-electron chi connectivity index (χ3n) is 3.22. The van der Waals surface area contributed by atoms with E-state index in [9.17, 15) is 0 Å². The van der Waals surface area contributed by atoms with E-state index in [0.717, 1.165) is 30.6 Å². The van der Waals surface area contributed by atoms with Crippen molar-refractivity contribution < 1.29 is 0 Å². The standard InChI is InChI=1S/C13H22N2/c1-5-7-11-9(4)12(14)10(6-2)8(3)13(11)15/h5-7,14-15H2,1-4H3. The van der Waals surface area contributed by atoms with Crippen molar-refractivity contribution in [2.24, 2.45) is 0 Å². The van der Waals surface area contributed by atoms with Crippen LogP contribution in [0, 0.1) is 13.8 Å². The minimum absolute atomic E-state index is 0.938. The van der Waals surface area contributed by atoms with E-state index in [2.05, 4.69) is 27.7 Å². The first-order chi connectivity index (χ1) is 7.04. The highest BCUT2D eigenvalue weighted by Crippen LogP contribution is 2.32. The number of hydrogen-bond acceptors (Lipinski definition) is 2. The maximum absolute atomic E-state index is 6.16. The molecule has 2 nitrogen and oxygen atoms in total. The highest BCUT2D eigenvalue weighted by Gasteiger charge is 2.13. The van der Waals surface area contributed by atoms with Crippen molar-refractivity contribution in [3.63, 3.8) is 0 Å². The van der Waals surface area contributed by atoms with Gasteiger partial charge in [0.15, 0.2) is 0 Å². The molecular formula is C13H22N2. The van der Waals surface area contributed by atoms with Crippen molar-refractivity contribution in [3.8, 4) is 0 Å². The lowest BCUT2D eigenvalue weighted by atomic mass is 9.91. The predicted molar refractivity (Wildman–Crippen MR) is 68.1 cm³/mol. The molecule has 15 heavy (non-hydrogen) atoms. The molecule has 0 atom stereocenters. The number of benzene rings is 1. The largest absolute Gasteiger partial charge is 0.398 e.